The Balaban J connectivity index is 0.000000148. The number of halogens is 1. The molecule has 4 aliphatic rings. The van der Waals surface area contributed by atoms with Crippen molar-refractivity contribution >= 4 is 56.9 Å². The fraction of sp³-hybridized carbons (Fsp3) is 0.243. The van der Waals surface area contributed by atoms with E-state index in [1.165, 1.54) is 12.1 Å². The lowest BCUT2D eigenvalue weighted by Gasteiger charge is -2.32. The highest BCUT2D eigenvalue weighted by Crippen LogP contribution is 2.34. The number of aryl methyl sites for hydroxylation is 1. The zero-order valence-electron chi connectivity index (χ0n) is 27.9. The summed E-state index contributed by atoms with van der Waals surface area (Å²) in [6, 6.07) is 18.2. The zero-order valence-corrected chi connectivity index (χ0v) is 27.9. The number of H-pyrrole nitrogens is 2. The van der Waals surface area contributed by atoms with Crippen molar-refractivity contribution in [2.45, 2.75) is 45.3 Å². The Hall–Kier alpha value is -6.15. The van der Waals surface area contributed by atoms with Crippen molar-refractivity contribution in [3.8, 4) is 0 Å². The van der Waals surface area contributed by atoms with E-state index in [0.29, 0.717) is 54.7 Å². The predicted octanol–water partition coefficient (Wildman–Crippen LogP) is 3.42. The highest BCUT2D eigenvalue weighted by Gasteiger charge is 2.36. The molecule has 9 rings (SSSR count). The van der Waals surface area contributed by atoms with Crippen LogP contribution in [0.1, 0.15) is 69.1 Å². The zero-order chi connectivity index (χ0) is 35.6. The van der Waals surface area contributed by atoms with E-state index < -0.39 is 17.3 Å². The summed E-state index contributed by atoms with van der Waals surface area (Å²) in [5, 5.41) is 9.97. The van der Waals surface area contributed by atoms with Gasteiger partial charge in [0.2, 0.25) is 11.8 Å². The minimum atomic E-state index is -1.02. The average molecular weight is 688 g/mol. The number of aromatic nitrogens is 2. The topological polar surface area (TPSA) is 181 Å². The maximum absolute atomic E-state index is 13.8. The second kappa shape index (κ2) is 12.0. The number of hydrazone groups is 2. The van der Waals surface area contributed by atoms with Crippen LogP contribution in [-0.4, -0.2) is 73.4 Å². The Morgan fingerprint density at radius 2 is 1.39 bits per heavy atom. The highest BCUT2D eigenvalue weighted by molar-refractivity contribution is 6.23. The first-order valence-electron chi connectivity index (χ1n) is 16.6. The third-order valence-corrected chi connectivity index (χ3v) is 9.53. The molecule has 3 aromatic carbocycles. The van der Waals surface area contributed by atoms with Gasteiger partial charge in [0, 0.05) is 45.2 Å². The number of carbonyl (C=O) groups is 4. The number of benzene rings is 3. The minimum absolute atomic E-state index is 0.0849. The largest absolute Gasteiger partial charge is 0.356 e. The maximum Gasteiger partial charge on any atom is 0.272 e. The van der Waals surface area contributed by atoms with Gasteiger partial charge in [0.15, 0.2) is 0 Å². The summed E-state index contributed by atoms with van der Waals surface area (Å²) in [5.41, 5.74) is 18.0. The number of nitrogens with two attached hydrogens (primary N) is 1. The quantitative estimate of drug-likeness (QED) is 0.194. The van der Waals surface area contributed by atoms with Crippen LogP contribution in [0.2, 0.25) is 0 Å². The van der Waals surface area contributed by atoms with E-state index in [-0.39, 0.29) is 29.8 Å². The first-order valence-corrected chi connectivity index (χ1v) is 16.6. The van der Waals surface area contributed by atoms with Gasteiger partial charge in [-0.1, -0.05) is 36.4 Å². The van der Waals surface area contributed by atoms with Crippen molar-refractivity contribution in [3.05, 3.63) is 106 Å². The van der Waals surface area contributed by atoms with Gasteiger partial charge < -0.3 is 25.5 Å². The fourth-order valence-electron chi connectivity index (χ4n) is 7.23. The van der Waals surface area contributed by atoms with Crippen LogP contribution in [0, 0.1) is 5.82 Å². The van der Waals surface area contributed by atoms with Gasteiger partial charge in [-0.25, -0.2) is 15.2 Å². The van der Waals surface area contributed by atoms with Crippen molar-refractivity contribution in [2.24, 2.45) is 15.9 Å². The smallest absolute Gasteiger partial charge is 0.272 e. The molecule has 14 heteroatoms. The molecular weight excluding hydrogens is 653 g/mol. The van der Waals surface area contributed by atoms with Crippen LogP contribution in [0.15, 0.2) is 70.9 Å². The molecule has 5 aromatic rings. The molecule has 4 amide bonds. The van der Waals surface area contributed by atoms with E-state index in [1.54, 1.807) is 23.6 Å². The third-order valence-electron chi connectivity index (χ3n) is 9.53. The molecule has 0 saturated carbocycles. The van der Waals surface area contributed by atoms with Crippen molar-refractivity contribution in [1.82, 2.24) is 30.6 Å². The van der Waals surface area contributed by atoms with Crippen molar-refractivity contribution in [2.75, 3.05) is 13.1 Å². The molecule has 4 aliphatic heterocycles. The molecule has 0 spiro atoms. The molecule has 0 bridgehead atoms. The minimum Gasteiger partial charge on any atom is -0.356 e. The monoisotopic (exact) mass is 687 g/mol. The number of hydrogen-bond donors (Lipinski definition) is 5. The predicted molar refractivity (Wildman–Crippen MR) is 188 cm³/mol. The third kappa shape index (κ3) is 5.62. The number of aromatic amines is 2. The van der Waals surface area contributed by atoms with Gasteiger partial charge in [-0.2, -0.15) is 10.2 Å². The van der Waals surface area contributed by atoms with Gasteiger partial charge in [0.1, 0.15) is 5.82 Å². The van der Waals surface area contributed by atoms with Crippen LogP contribution < -0.4 is 16.6 Å². The molecule has 258 valence electrons. The molecule has 6 heterocycles. The van der Waals surface area contributed by atoms with E-state index >= 15 is 0 Å². The van der Waals surface area contributed by atoms with Gasteiger partial charge in [0.25, 0.3) is 11.8 Å². The van der Waals surface area contributed by atoms with Crippen LogP contribution in [0.4, 0.5) is 4.39 Å². The number of rotatable bonds is 4. The lowest BCUT2D eigenvalue weighted by Crippen LogP contribution is -2.53. The summed E-state index contributed by atoms with van der Waals surface area (Å²) < 4.78 is 13.8. The summed E-state index contributed by atoms with van der Waals surface area (Å²) in [7, 11) is 0. The molecule has 51 heavy (non-hydrogen) atoms. The summed E-state index contributed by atoms with van der Waals surface area (Å²) in [6.07, 6.45) is 1.16. The molecule has 6 N–H and O–H groups in total. The summed E-state index contributed by atoms with van der Waals surface area (Å²) >= 11 is 0. The number of carbonyl (C=O) groups excluding carboxylic acids is 4. The van der Waals surface area contributed by atoms with E-state index in [2.05, 4.69) is 31.0 Å². The Bertz CT molecular complexity index is 2370. The van der Waals surface area contributed by atoms with Crippen LogP contribution in [0.25, 0.3) is 21.8 Å². The number of amides is 4. The molecule has 0 unspecified atom stereocenters. The molecule has 13 nitrogen and oxygen atoms in total. The van der Waals surface area contributed by atoms with E-state index in [4.69, 9.17) is 5.73 Å². The fourth-order valence-corrected chi connectivity index (χ4v) is 7.23. The Labute approximate surface area is 290 Å². The molecule has 0 atom stereocenters. The van der Waals surface area contributed by atoms with E-state index in [1.807, 2.05) is 48.5 Å². The standard InChI is InChI=1S/C21H18N4O2.C16H16FN5O2/c26-18(10-9-13-5-2-1-3-6-13)25-11-16-20-17(12-25)23-24-21(27)14-7-4-8-15(22-16)19(14)20;1-16(2,18)15(24)22-5-10-13-11(6-22)20-21-14(23)8-3-7(17)4-9(19-10)12(8)13/h1-8,22H,9-12H2,(H,24,27);3-4,19H,5-6,18H2,1-2H3,(H,21,23). The molecule has 0 saturated heterocycles. The molecular formula is C37H34FN9O4. The summed E-state index contributed by atoms with van der Waals surface area (Å²) in [5.74, 6) is -1.34. The summed E-state index contributed by atoms with van der Waals surface area (Å²) in [6.45, 7) is 4.72. The molecule has 0 radical (unpaired) electrons. The first-order chi connectivity index (χ1) is 24.5. The average Bonchev–Trinajstić information content (AvgIpc) is 3.59. The van der Waals surface area contributed by atoms with Crippen LogP contribution >= 0.6 is 0 Å². The van der Waals surface area contributed by atoms with Gasteiger partial charge in [-0.15, -0.1) is 0 Å². The number of hydrogen-bond acceptors (Lipinski definition) is 7. The van der Waals surface area contributed by atoms with Crippen LogP contribution in [0.3, 0.4) is 0 Å². The lowest BCUT2D eigenvalue weighted by molar-refractivity contribution is -0.135. The lowest BCUT2D eigenvalue weighted by atomic mass is 9.96. The second-order valence-electron chi connectivity index (χ2n) is 13.7. The normalized spacial score (nSPS) is 16.0. The first kappa shape index (κ1) is 32.1. The second-order valence-corrected chi connectivity index (χ2v) is 13.7. The van der Waals surface area contributed by atoms with Gasteiger partial charge in [0.05, 0.1) is 59.8 Å². The van der Waals surface area contributed by atoms with Crippen molar-refractivity contribution in [3.63, 3.8) is 0 Å². The molecule has 2 aromatic heterocycles. The summed E-state index contributed by atoms with van der Waals surface area (Å²) in [4.78, 5) is 59.7. The number of nitrogens with zero attached hydrogens (tertiary/aromatic N) is 4. The Kier molecular flexibility index (Phi) is 7.56. The number of nitrogens with one attached hydrogen (secondary N) is 4. The van der Waals surface area contributed by atoms with Crippen molar-refractivity contribution < 1.29 is 23.6 Å². The van der Waals surface area contributed by atoms with Crippen LogP contribution in [0.5, 0.6) is 0 Å². The van der Waals surface area contributed by atoms with Crippen molar-refractivity contribution in [1.29, 1.82) is 0 Å². The maximum atomic E-state index is 13.8. The Morgan fingerprint density at radius 1 is 0.784 bits per heavy atom. The van der Waals surface area contributed by atoms with E-state index in [0.717, 1.165) is 44.7 Å². The van der Waals surface area contributed by atoms with Gasteiger partial charge in [-0.05, 0) is 50.1 Å². The highest BCUT2D eigenvalue weighted by atomic mass is 19.1. The van der Waals surface area contributed by atoms with Gasteiger partial charge >= 0.3 is 0 Å². The van der Waals surface area contributed by atoms with Gasteiger partial charge in [-0.3, -0.25) is 19.2 Å². The molecule has 0 aliphatic carbocycles. The Morgan fingerprint density at radius 3 is 2.08 bits per heavy atom. The van der Waals surface area contributed by atoms with E-state index in [9.17, 15) is 23.6 Å². The SMILES string of the molecule is CC(C)(N)C(=O)N1CC2=NNC(=O)c3cc(F)cc4[nH]c(c2c34)C1.O=C1NN=C2CN(C(=O)CCc3ccccc3)Cc3[nH]c4cccc1c4c32. The molecule has 0 fully saturated rings. The van der Waals surface area contributed by atoms with Crippen LogP contribution in [-0.2, 0) is 29.1 Å².